The molecule has 7 nitrogen and oxygen atoms in total. The average Bonchev–Trinajstić information content (AvgIpc) is 3.24. The van der Waals surface area contributed by atoms with Crippen molar-refractivity contribution in [2.75, 3.05) is 6.54 Å². The highest BCUT2D eigenvalue weighted by molar-refractivity contribution is 6.01. The van der Waals surface area contributed by atoms with Crippen LogP contribution in [0.15, 0.2) is 78.5 Å². The van der Waals surface area contributed by atoms with Crippen molar-refractivity contribution in [3.05, 3.63) is 99.9 Å². The second-order valence-electron chi connectivity index (χ2n) is 6.59. The summed E-state index contributed by atoms with van der Waals surface area (Å²) in [4.78, 5) is 22.8. The quantitative estimate of drug-likeness (QED) is 0.203. The molecular formula is C23H20N4O3. The van der Waals surface area contributed by atoms with Gasteiger partial charge in [-0.1, -0.05) is 30.3 Å². The second kappa shape index (κ2) is 9.85. The maximum absolute atomic E-state index is 12.4. The Balaban J connectivity index is 1.66. The van der Waals surface area contributed by atoms with Crippen LogP contribution in [-0.2, 0) is 11.2 Å². The fourth-order valence-electron chi connectivity index (χ4n) is 3.01. The van der Waals surface area contributed by atoms with E-state index < -0.39 is 10.8 Å². The number of aryl methyl sites for hydroxylation is 1. The molecule has 0 aliphatic heterocycles. The number of nitriles is 1. The molecule has 3 rings (SSSR count). The summed E-state index contributed by atoms with van der Waals surface area (Å²) < 4.78 is 1.75. The molecule has 150 valence electrons. The van der Waals surface area contributed by atoms with Crippen molar-refractivity contribution in [3.63, 3.8) is 0 Å². The molecule has 7 heteroatoms. The number of aromatic nitrogens is 1. The highest BCUT2D eigenvalue weighted by atomic mass is 16.6. The summed E-state index contributed by atoms with van der Waals surface area (Å²) in [6.07, 6.45) is 4.89. The Morgan fingerprint density at radius 2 is 1.83 bits per heavy atom. The van der Waals surface area contributed by atoms with Crippen LogP contribution in [0.5, 0.6) is 0 Å². The number of non-ortho nitro benzene ring substituents is 1. The molecule has 0 bridgehead atoms. The standard InChI is InChI=1S/C23H20N4O3/c24-17-19(23(28)25-14-4-8-18-6-2-1-3-7-18)16-22-9-5-15-26(22)20-10-12-21(13-11-20)27(29)30/h1-3,5-7,9-13,15-16H,4,8,14H2,(H,25,28)/b19-16-. The van der Waals surface area contributed by atoms with Gasteiger partial charge in [0.25, 0.3) is 11.6 Å². The average molecular weight is 400 g/mol. The Hall–Kier alpha value is -4.18. The summed E-state index contributed by atoms with van der Waals surface area (Å²) in [7, 11) is 0. The Morgan fingerprint density at radius 3 is 2.50 bits per heavy atom. The predicted octanol–water partition coefficient (Wildman–Crippen LogP) is 4.04. The molecule has 0 fully saturated rings. The molecule has 0 aliphatic carbocycles. The number of carbonyl (C=O) groups is 1. The predicted molar refractivity (Wildman–Crippen MR) is 114 cm³/mol. The van der Waals surface area contributed by atoms with Gasteiger partial charge in [-0.15, -0.1) is 0 Å². The van der Waals surface area contributed by atoms with Gasteiger partial charge in [-0.2, -0.15) is 5.26 Å². The van der Waals surface area contributed by atoms with Crippen LogP contribution in [0.1, 0.15) is 17.7 Å². The van der Waals surface area contributed by atoms with E-state index in [-0.39, 0.29) is 11.3 Å². The smallest absolute Gasteiger partial charge is 0.269 e. The molecule has 1 N–H and O–H groups in total. The highest BCUT2D eigenvalue weighted by Gasteiger charge is 2.11. The van der Waals surface area contributed by atoms with Crippen molar-refractivity contribution in [2.24, 2.45) is 0 Å². The number of amides is 1. The lowest BCUT2D eigenvalue weighted by Gasteiger charge is -2.08. The summed E-state index contributed by atoms with van der Waals surface area (Å²) in [5.41, 5.74) is 2.51. The van der Waals surface area contributed by atoms with E-state index in [2.05, 4.69) is 5.32 Å². The molecule has 0 aliphatic rings. The zero-order valence-electron chi connectivity index (χ0n) is 16.2. The summed E-state index contributed by atoms with van der Waals surface area (Å²) >= 11 is 0. The van der Waals surface area contributed by atoms with Crippen LogP contribution in [0.25, 0.3) is 11.8 Å². The van der Waals surface area contributed by atoms with Gasteiger partial charge in [0.15, 0.2) is 0 Å². The van der Waals surface area contributed by atoms with Crippen molar-refractivity contribution in [3.8, 4) is 11.8 Å². The number of nitrogens with zero attached hydrogens (tertiary/aromatic N) is 3. The normalized spacial score (nSPS) is 11.0. The number of nitro groups is 1. The van der Waals surface area contributed by atoms with E-state index in [1.807, 2.05) is 36.4 Å². The lowest BCUT2D eigenvalue weighted by molar-refractivity contribution is -0.384. The summed E-state index contributed by atoms with van der Waals surface area (Å²) in [5.74, 6) is -0.429. The maximum atomic E-state index is 12.4. The first-order valence-electron chi connectivity index (χ1n) is 9.44. The number of nitro benzene ring substituents is 1. The number of hydrogen-bond donors (Lipinski definition) is 1. The number of benzene rings is 2. The van der Waals surface area contributed by atoms with E-state index >= 15 is 0 Å². The molecule has 3 aromatic rings. The first kappa shape index (κ1) is 20.6. The van der Waals surface area contributed by atoms with Gasteiger partial charge in [0.2, 0.25) is 0 Å². The zero-order valence-corrected chi connectivity index (χ0v) is 16.2. The third-order valence-electron chi connectivity index (χ3n) is 4.55. The fourth-order valence-corrected chi connectivity index (χ4v) is 3.01. The third-order valence-corrected chi connectivity index (χ3v) is 4.55. The van der Waals surface area contributed by atoms with Gasteiger partial charge in [0.1, 0.15) is 11.6 Å². The summed E-state index contributed by atoms with van der Waals surface area (Å²) in [5, 5.41) is 23.0. The molecule has 1 heterocycles. The van der Waals surface area contributed by atoms with Crippen LogP contribution >= 0.6 is 0 Å². The van der Waals surface area contributed by atoms with Gasteiger partial charge in [-0.25, -0.2) is 0 Å². The van der Waals surface area contributed by atoms with Crippen LogP contribution in [-0.4, -0.2) is 21.9 Å². The zero-order chi connectivity index (χ0) is 21.3. The van der Waals surface area contributed by atoms with E-state index in [9.17, 15) is 20.2 Å². The first-order chi connectivity index (χ1) is 14.6. The van der Waals surface area contributed by atoms with Crippen molar-refractivity contribution >= 4 is 17.7 Å². The van der Waals surface area contributed by atoms with Crippen LogP contribution in [0.3, 0.4) is 0 Å². The van der Waals surface area contributed by atoms with Gasteiger partial charge >= 0.3 is 0 Å². The van der Waals surface area contributed by atoms with Gasteiger partial charge in [-0.3, -0.25) is 14.9 Å². The van der Waals surface area contributed by atoms with Gasteiger partial charge < -0.3 is 9.88 Å². The lowest BCUT2D eigenvalue weighted by Crippen LogP contribution is -2.26. The third kappa shape index (κ3) is 5.20. The van der Waals surface area contributed by atoms with E-state index in [1.54, 1.807) is 35.0 Å². The van der Waals surface area contributed by atoms with Crippen LogP contribution < -0.4 is 5.32 Å². The van der Waals surface area contributed by atoms with Gasteiger partial charge in [0.05, 0.1) is 4.92 Å². The van der Waals surface area contributed by atoms with Crippen molar-refractivity contribution in [1.82, 2.24) is 9.88 Å². The lowest BCUT2D eigenvalue weighted by atomic mass is 10.1. The SMILES string of the molecule is N#C/C(=C/c1cccn1-c1ccc([N+](=O)[O-])cc1)C(=O)NCCCc1ccccc1. The monoisotopic (exact) mass is 400 g/mol. The Morgan fingerprint density at radius 1 is 1.10 bits per heavy atom. The highest BCUT2D eigenvalue weighted by Crippen LogP contribution is 2.19. The topological polar surface area (TPSA) is 101 Å². The molecule has 0 atom stereocenters. The summed E-state index contributed by atoms with van der Waals surface area (Å²) in [6, 6.07) is 21.5. The number of hydrogen-bond acceptors (Lipinski definition) is 4. The van der Waals surface area contributed by atoms with Crippen molar-refractivity contribution in [2.45, 2.75) is 12.8 Å². The van der Waals surface area contributed by atoms with E-state index in [0.717, 1.165) is 12.8 Å². The van der Waals surface area contributed by atoms with Crippen molar-refractivity contribution in [1.29, 1.82) is 5.26 Å². The Kier molecular flexibility index (Phi) is 6.74. The van der Waals surface area contributed by atoms with E-state index in [4.69, 9.17) is 0 Å². The first-order valence-corrected chi connectivity index (χ1v) is 9.44. The minimum Gasteiger partial charge on any atom is -0.351 e. The molecule has 0 saturated carbocycles. The Labute approximate surface area is 174 Å². The molecule has 0 saturated heterocycles. The van der Waals surface area contributed by atoms with E-state index in [1.165, 1.54) is 23.8 Å². The minimum absolute atomic E-state index is 0.00317. The van der Waals surface area contributed by atoms with Crippen LogP contribution in [0.4, 0.5) is 5.69 Å². The van der Waals surface area contributed by atoms with Gasteiger partial charge in [0, 0.05) is 36.3 Å². The fraction of sp³-hybridized carbons (Fsp3) is 0.130. The number of nitrogens with one attached hydrogen (secondary N) is 1. The summed E-state index contributed by atoms with van der Waals surface area (Å²) in [6.45, 7) is 0.468. The molecule has 2 aromatic carbocycles. The van der Waals surface area contributed by atoms with Gasteiger partial charge in [-0.05, 0) is 48.7 Å². The molecule has 0 radical (unpaired) electrons. The molecule has 1 amide bonds. The molecule has 30 heavy (non-hydrogen) atoms. The van der Waals surface area contributed by atoms with Crippen molar-refractivity contribution < 1.29 is 9.72 Å². The molecule has 1 aromatic heterocycles. The maximum Gasteiger partial charge on any atom is 0.269 e. The Bertz CT molecular complexity index is 1090. The molecule has 0 unspecified atom stereocenters. The molecular weight excluding hydrogens is 380 g/mol. The minimum atomic E-state index is -0.462. The number of rotatable bonds is 8. The number of carbonyl (C=O) groups excluding carboxylic acids is 1. The van der Waals surface area contributed by atoms with Crippen LogP contribution in [0, 0.1) is 21.4 Å². The van der Waals surface area contributed by atoms with Crippen LogP contribution in [0.2, 0.25) is 0 Å². The second-order valence-corrected chi connectivity index (χ2v) is 6.59. The largest absolute Gasteiger partial charge is 0.351 e. The molecule has 0 spiro atoms. The van der Waals surface area contributed by atoms with E-state index in [0.29, 0.717) is 17.9 Å².